The highest BCUT2D eigenvalue weighted by Crippen LogP contribution is 2.26. The largest absolute Gasteiger partial charge is 0.383 e. The average molecular weight is 285 g/mol. The maximum atomic E-state index is 13.7. The van der Waals surface area contributed by atoms with Crippen LogP contribution < -0.4 is 5.32 Å². The predicted octanol–water partition coefficient (Wildman–Crippen LogP) is 2.22. The smallest absolute Gasteiger partial charge is 0.132 e. The molecule has 1 heterocycles. The minimum atomic E-state index is -0.507. The van der Waals surface area contributed by atoms with E-state index in [0.717, 1.165) is 34.6 Å². The van der Waals surface area contributed by atoms with E-state index in [1.807, 2.05) is 0 Å². The van der Waals surface area contributed by atoms with Gasteiger partial charge in [0.1, 0.15) is 17.3 Å². The number of methoxy groups -OCH3 is 1. The Kier molecular flexibility index (Phi) is 4.89. The number of benzene rings is 1. The van der Waals surface area contributed by atoms with E-state index in [4.69, 9.17) is 4.74 Å². The molecule has 0 spiro atoms. The zero-order valence-corrected chi connectivity index (χ0v) is 11.1. The summed E-state index contributed by atoms with van der Waals surface area (Å²) >= 11 is 1.16. The summed E-state index contributed by atoms with van der Waals surface area (Å²) in [4.78, 5) is 0.764. The van der Waals surface area contributed by atoms with E-state index in [0.29, 0.717) is 25.4 Å². The Labute approximate surface area is 113 Å². The second-order valence-corrected chi connectivity index (χ2v) is 4.68. The van der Waals surface area contributed by atoms with Crippen LogP contribution in [0.25, 0.3) is 11.3 Å². The summed E-state index contributed by atoms with van der Waals surface area (Å²) in [6.07, 6.45) is 0. The fraction of sp³-hybridized carbons (Fsp3) is 0.333. The second-order valence-electron chi connectivity index (χ2n) is 3.84. The molecule has 0 aliphatic heterocycles. The Morgan fingerprint density at radius 2 is 2.21 bits per heavy atom. The molecule has 1 aromatic heterocycles. The first-order valence-electron chi connectivity index (χ1n) is 5.68. The van der Waals surface area contributed by atoms with Gasteiger partial charge >= 0.3 is 0 Å². The van der Waals surface area contributed by atoms with Gasteiger partial charge in [0.2, 0.25) is 0 Å². The third kappa shape index (κ3) is 3.52. The normalized spacial score (nSPS) is 10.9. The molecule has 0 fully saturated rings. The van der Waals surface area contributed by atoms with Gasteiger partial charge in [-0.2, -0.15) is 0 Å². The van der Waals surface area contributed by atoms with Crippen LogP contribution in [0.2, 0.25) is 0 Å². The van der Waals surface area contributed by atoms with Crippen molar-refractivity contribution in [1.82, 2.24) is 14.9 Å². The Morgan fingerprint density at radius 1 is 1.37 bits per heavy atom. The molecule has 19 heavy (non-hydrogen) atoms. The van der Waals surface area contributed by atoms with Gasteiger partial charge in [0.15, 0.2) is 0 Å². The highest BCUT2D eigenvalue weighted by atomic mass is 32.1. The molecule has 0 saturated carbocycles. The summed E-state index contributed by atoms with van der Waals surface area (Å²) in [5, 5.41) is 7.00. The zero-order valence-electron chi connectivity index (χ0n) is 10.3. The molecule has 0 aliphatic rings. The third-order valence-electron chi connectivity index (χ3n) is 2.51. The maximum absolute atomic E-state index is 13.7. The monoisotopic (exact) mass is 285 g/mol. The average Bonchev–Trinajstić information content (AvgIpc) is 2.86. The molecular formula is C12H13F2N3OS. The number of rotatable bonds is 6. The van der Waals surface area contributed by atoms with Gasteiger partial charge in [-0.1, -0.05) is 4.49 Å². The topological polar surface area (TPSA) is 47.0 Å². The van der Waals surface area contributed by atoms with Crippen LogP contribution in [0.5, 0.6) is 0 Å². The number of aromatic nitrogens is 2. The molecule has 0 atom stereocenters. The molecule has 0 saturated heterocycles. The van der Waals surface area contributed by atoms with Gasteiger partial charge in [-0.25, -0.2) is 8.78 Å². The van der Waals surface area contributed by atoms with Crippen molar-refractivity contribution in [3.05, 3.63) is 34.7 Å². The minimum absolute atomic E-state index is 0.136. The van der Waals surface area contributed by atoms with Crippen LogP contribution in [-0.2, 0) is 11.3 Å². The van der Waals surface area contributed by atoms with Crippen LogP contribution in [0.4, 0.5) is 8.78 Å². The lowest BCUT2D eigenvalue weighted by Gasteiger charge is -2.04. The van der Waals surface area contributed by atoms with Crippen LogP contribution in [-0.4, -0.2) is 29.8 Å². The first-order valence-corrected chi connectivity index (χ1v) is 6.46. The number of nitrogens with one attached hydrogen (secondary N) is 1. The van der Waals surface area contributed by atoms with Crippen molar-refractivity contribution in [2.45, 2.75) is 6.54 Å². The van der Waals surface area contributed by atoms with Crippen LogP contribution >= 0.6 is 11.5 Å². The molecule has 0 amide bonds. The molecule has 4 nitrogen and oxygen atoms in total. The summed E-state index contributed by atoms with van der Waals surface area (Å²) in [5.41, 5.74) is 0.518. The second kappa shape index (κ2) is 6.65. The van der Waals surface area contributed by atoms with Crippen LogP contribution in [0.3, 0.4) is 0 Å². The van der Waals surface area contributed by atoms with Crippen molar-refractivity contribution in [2.24, 2.45) is 0 Å². The first-order chi connectivity index (χ1) is 9.22. The first kappa shape index (κ1) is 14.0. The summed E-state index contributed by atoms with van der Waals surface area (Å²) in [7, 11) is 1.61. The molecule has 0 bridgehead atoms. The predicted molar refractivity (Wildman–Crippen MR) is 68.8 cm³/mol. The number of hydrogen-bond acceptors (Lipinski definition) is 5. The highest BCUT2D eigenvalue weighted by Gasteiger charge is 2.15. The van der Waals surface area contributed by atoms with E-state index >= 15 is 0 Å². The summed E-state index contributed by atoms with van der Waals surface area (Å²) in [5.74, 6) is -1.00. The Bertz CT molecular complexity index is 548. The van der Waals surface area contributed by atoms with Gasteiger partial charge in [0, 0.05) is 25.8 Å². The van der Waals surface area contributed by atoms with Crippen LogP contribution in [0.1, 0.15) is 4.88 Å². The summed E-state index contributed by atoms with van der Waals surface area (Å²) < 4.78 is 35.6. The number of nitrogens with zero attached hydrogens (tertiary/aromatic N) is 2. The van der Waals surface area contributed by atoms with Crippen molar-refractivity contribution in [2.75, 3.05) is 20.3 Å². The number of hydrogen-bond donors (Lipinski definition) is 1. The molecule has 1 aromatic carbocycles. The lowest BCUT2D eigenvalue weighted by molar-refractivity contribution is 0.199. The van der Waals surface area contributed by atoms with Crippen LogP contribution in [0, 0.1) is 11.6 Å². The Morgan fingerprint density at radius 3 is 3.00 bits per heavy atom. The SMILES string of the molecule is COCCNCc1snnc1-c1cc(F)ccc1F. The van der Waals surface area contributed by atoms with E-state index in [2.05, 4.69) is 14.9 Å². The van der Waals surface area contributed by atoms with Gasteiger partial charge in [-0.15, -0.1) is 5.10 Å². The zero-order chi connectivity index (χ0) is 13.7. The van der Waals surface area contributed by atoms with Crippen molar-refractivity contribution in [3.63, 3.8) is 0 Å². The van der Waals surface area contributed by atoms with Crippen molar-refractivity contribution in [3.8, 4) is 11.3 Å². The molecule has 0 aliphatic carbocycles. The molecular weight excluding hydrogens is 272 g/mol. The molecule has 102 valence electrons. The Balaban J connectivity index is 2.16. The molecule has 7 heteroatoms. The van der Waals surface area contributed by atoms with Crippen molar-refractivity contribution in [1.29, 1.82) is 0 Å². The quantitative estimate of drug-likeness (QED) is 0.827. The number of halogens is 2. The maximum Gasteiger partial charge on any atom is 0.132 e. The van der Waals surface area contributed by atoms with Gasteiger partial charge in [-0.3, -0.25) is 0 Å². The lowest BCUT2D eigenvalue weighted by Crippen LogP contribution is -2.18. The van der Waals surface area contributed by atoms with Gasteiger partial charge in [0.05, 0.1) is 11.5 Å². The van der Waals surface area contributed by atoms with Crippen molar-refractivity contribution < 1.29 is 13.5 Å². The summed E-state index contributed by atoms with van der Waals surface area (Å²) in [6, 6.07) is 3.30. The molecule has 2 rings (SSSR count). The molecule has 0 radical (unpaired) electrons. The van der Waals surface area contributed by atoms with Gasteiger partial charge in [0.25, 0.3) is 0 Å². The standard InChI is InChI=1S/C12H13F2N3OS/c1-18-5-4-15-7-11-12(16-17-19-11)9-6-8(13)2-3-10(9)14/h2-3,6,15H,4-5,7H2,1H3. The summed E-state index contributed by atoms with van der Waals surface area (Å²) in [6.45, 7) is 1.74. The molecule has 1 N–H and O–H groups in total. The van der Waals surface area contributed by atoms with Gasteiger partial charge in [-0.05, 0) is 29.7 Å². The van der Waals surface area contributed by atoms with E-state index in [1.165, 1.54) is 0 Å². The van der Waals surface area contributed by atoms with Gasteiger partial charge < -0.3 is 10.1 Å². The number of ether oxygens (including phenoxy) is 1. The minimum Gasteiger partial charge on any atom is -0.383 e. The molecule has 2 aromatic rings. The fourth-order valence-corrected chi connectivity index (χ4v) is 2.21. The third-order valence-corrected chi connectivity index (χ3v) is 3.23. The lowest BCUT2D eigenvalue weighted by atomic mass is 10.1. The van der Waals surface area contributed by atoms with Crippen LogP contribution in [0.15, 0.2) is 18.2 Å². The highest BCUT2D eigenvalue weighted by molar-refractivity contribution is 7.05. The van der Waals surface area contributed by atoms with E-state index in [-0.39, 0.29) is 5.56 Å². The Hall–Kier alpha value is -1.44. The fourth-order valence-electron chi connectivity index (χ4n) is 1.58. The van der Waals surface area contributed by atoms with E-state index in [9.17, 15) is 8.78 Å². The van der Waals surface area contributed by atoms with Crippen molar-refractivity contribution >= 4 is 11.5 Å². The van der Waals surface area contributed by atoms with E-state index < -0.39 is 11.6 Å². The van der Waals surface area contributed by atoms with E-state index in [1.54, 1.807) is 7.11 Å². The molecule has 0 unspecified atom stereocenters.